The molecule has 0 atom stereocenters. The molecule has 1 aromatic heterocycles. The van der Waals surface area contributed by atoms with E-state index in [-0.39, 0.29) is 6.54 Å². The summed E-state index contributed by atoms with van der Waals surface area (Å²) in [6.07, 6.45) is 1.79. The molecule has 0 unspecified atom stereocenters. The van der Waals surface area contributed by atoms with Crippen LogP contribution in [0.2, 0.25) is 0 Å². The maximum atomic E-state index is 10.7. The Morgan fingerprint density at radius 1 is 1.33 bits per heavy atom. The Kier molecular flexibility index (Phi) is 3.19. The summed E-state index contributed by atoms with van der Waals surface area (Å²) in [5.74, 6) is -0.143. The second-order valence-corrected chi connectivity index (χ2v) is 4.51. The van der Waals surface area contributed by atoms with Crippen molar-refractivity contribution in [1.82, 2.24) is 9.55 Å². The maximum absolute atomic E-state index is 10.7. The Morgan fingerprint density at radius 2 is 2.06 bits per heavy atom. The van der Waals surface area contributed by atoms with Gasteiger partial charge in [0.2, 0.25) is 0 Å². The Bertz CT molecular complexity index is 600. The van der Waals surface area contributed by atoms with Crippen LogP contribution in [-0.4, -0.2) is 20.6 Å². The summed E-state index contributed by atoms with van der Waals surface area (Å²) in [6.45, 7) is 5.85. The predicted molar refractivity (Wildman–Crippen MR) is 69.5 cm³/mol. The summed E-state index contributed by atoms with van der Waals surface area (Å²) >= 11 is 0. The van der Waals surface area contributed by atoms with Gasteiger partial charge < -0.3 is 9.67 Å². The van der Waals surface area contributed by atoms with E-state index in [4.69, 9.17) is 5.11 Å². The van der Waals surface area contributed by atoms with Gasteiger partial charge in [-0.15, -0.1) is 0 Å². The smallest absolute Gasteiger partial charge is 0.323 e. The lowest BCUT2D eigenvalue weighted by Gasteiger charge is -2.03. The molecule has 0 spiro atoms. The molecule has 1 aromatic carbocycles. The number of carboxylic acids is 1. The van der Waals surface area contributed by atoms with Gasteiger partial charge in [-0.2, -0.15) is 0 Å². The molecule has 1 N–H and O–H groups in total. The van der Waals surface area contributed by atoms with Gasteiger partial charge >= 0.3 is 5.97 Å². The minimum Gasteiger partial charge on any atom is -0.480 e. The third-order valence-electron chi connectivity index (χ3n) is 2.94. The zero-order valence-electron chi connectivity index (χ0n) is 10.8. The molecule has 0 bridgehead atoms. The number of aryl methyl sites for hydroxylation is 3. The van der Waals surface area contributed by atoms with Crippen LogP contribution in [0.4, 0.5) is 0 Å². The molecule has 4 nitrogen and oxygen atoms in total. The fourth-order valence-electron chi connectivity index (χ4n) is 2.04. The standard InChI is InChI=1S/C14H16N2O2/c1-9-4-5-12(10(2)6-9)13-7-16(8-14(17)18)11(3)15-13/h4-7H,8H2,1-3H3,(H,17,18). The zero-order valence-corrected chi connectivity index (χ0v) is 10.8. The summed E-state index contributed by atoms with van der Waals surface area (Å²) in [6, 6.07) is 6.16. The fourth-order valence-corrected chi connectivity index (χ4v) is 2.04. The minimum absolute atomic E-state index is 0.0518. The highest BCUT2D eigenvalue weighted by Crippen LogP contribution is 2.23. The summed E-state index contributed by atoms with van der Waals surface area (Å²) < 4.78 is 1.65. The largest absolute Gasteiger partial charge is 0.480 e. The average Bonchev–Trinajstić information content (AvgIpc) is 2.59. The number of hydrogen-bond donors (Lipinski definition) is 1. The van der Waals surface area contributed by atoms with Gasteiger partial charge in [0.05, 0.1) is 5.69 Å². The quantitative estimate of drug-likeness (QED) is 0.902. The van der Waals surface area contributed by atoms with Crippen molar-refractivity contribution < 1.29 is 9.90 Å². The molecule has 94 valence electrons. The molecule has 0 fully saturated rings. The Morgan fingerprint density at radius 3 is 2.67 bits per heavy atom. The first-order valence-corrected chi connectivity index (χ1v) is 5.80. The van der Waals surface area contributed by atoms with Crippen LogP contribution in [-0.2, 0) is 11.3 Å². The first-order chi connectivity index (χ1) is 8.47. The lowest BCUT2D eigenvalue weighted by Crippen LogP contribution is -2.08. The lowest BCUT2D eigenvalue weighted by atomic mass is 10.0. The molecular weight excluding hydrogens is 228 g/mol. The number of imidazole rings is 1. The van der Waals surface area contributed by atoms with Gasteiger partial charge in [0.1, 0.15) is 12.4 Å². The molecule has 2 aromatic rings. The molecule has 0 radical (unpaired) electrons. The van der Waals surface area contributed by atoms with Crippen LogP contribution < -0.4 is 0 Å². The van der Waals surface area contributed by atoms with E-state index in [1.165, 1.54) is 5.56 Å². The number of benzene rings is 1. The van der Waals surface area contributed by atoms with Crippen LogP contribution in [0.15, 0.2) is 24.4 Å². The van der Waals surface area contributed by atoms with Crippen molar-refractivity contribution in [2.24, 2.45) is 0 Å². The second kappa shape index (κ2) is 4.64. The minimum atomic E-state index is -0.859. The number of carboxylic acid groups (broad SMARTS) is 1. The normalized spacial score (nSPS) is 10.6. The second-order valence-electron chi connectivity index (χ2n) is 4.51. The number of aromatic nitrogens is 2. The fraction of sp³-hybridized carbons (Fsp3) is 0.286. The SMILES string of the molecule is Cc1ccc(-c2cn(CC(=O)O)c(C)n2)c(C)c1. The van der Waals surface area contributed by atoms with Crippen LogP contribution >= 0.6 is 0 Å². The first kappa shape index (κ1) is 12.4. The van der Waals surface area contributed by atoms with Gasteiger partial charge in [-0.05, 0) is 26.3 Å². The van der Waals surface area contributed by atoms with Crippen molar-refractivity contribution >= 4 is 5.97 Å². The van der Waals surface area contributed by atoms with Gasteiger partial charge in [0.25, 0.3) is 0 Å². The van der Waals surface area contributed by atoms with Gasteiger partial charge in [-0.1, -0.05) is 23.8 Å². The highest BCUT2D eigenvalue weighted by molar-refractivity contribution is 5.68. The molecule has 0 amide bonds. The topological polar surface area (TPSA) is 55.1 Å². The van der Waals surface area contributed by atoms with Gasteiger partial charge in [-0.25, -0.2) is 4.98 Å². The van der Waals surface area contributed by atoms with Crippen molar-refractivity contribution in [2.45, 2.75) is 27.3 Å². The van der Waals surface area contributed by atoms with Crippen molar-refractivity contribution in [1.29, 1.82) is 0 Å². The average molecular weight is 244 g/mol. The van der Waals surface area contributed by atoms with Crippen molar-refractivity contribution in [3.63, 3.8) is 0 Å². The van der Waals surface area contributed by atoms with E-state index in [9.17, 15) is 4.79 Å². The lowest BCUT2D eigenvalue weighted by molar-refractivity contribution is -0.137. The van der Waals surface area contributed by atoms with Gasteiger partial charge in [-0.3, -0.25) is 4.79 Å². The Hall–Kier alpha value is -2.10. The third kappa shape index (κ3) is 2.42. The molecule has 0 saturated heterocycles. The van der Waals surface area contributed by atoms with Crippen LogP contribution in [0.25, 0.3) is 11.3 Å². The summed E-state index contributed by atoms with van der Waals surface area (Å²) in [7, 11) is 0. The van der Waals surface area contributed by atoms with Crippen LogP contribution in [0.1, 0.15) is 17.0 Å². The molecule has 0 aliphatic carbocycles. The molecule has 1 heterocycles. The summed E-state index contributed by atoms with van der Waals surface area (Å²) in [4.78, 5) is 15.2. The monoisotopic (exact) mass is 244 g/mol. The predicted octanol–water partition coefficient (Wildman–Crippen LogP) is 2.56. The Balaban J connectivity index is 2.42. The Labute approximate surface area is 106 Å². The number of rotatable bonds is 3. The number of hydrogen-bond acceptors (Lipinski definition) is 2. The van der Waals surface area contributed by atoms with E-state index in [0.717, 1.165) is 16.8 Å². The van der Waals surface area contributed by atoms with Crippen LogP contribution in [0.5, 0.6) is 0 Å². The molecule has 0 aliphatic heterocycles. The molecule has 18 heavy (non-hydrogen) atoms. The van der Waals surface area contributed by atoms with E-state index >= 15 is 0 Å². The van der Waals surface area contributed by atoms with Crippen molar-refractivity contribution in [3.05, 3.63) is 41.3 Å². The number of nitrogens with zero attached hydrogens (tertiary/aromatic N) is 2. The highest BCUT2D eigenvalue weighted by atomic mass is 16.4. The van der Waals surface area contributed by atoms with E-state index in [1.54, 1.807) is 10.8 Å². The number of aliphatic carboxylic acids is 1. The molecule has 0 aliphatic rings. The van der Waals surface area contributed by atoms with E-state index in [2.05, 4.69) is 11.1 Å². The summed E-state index contributed by atoms with van der Waals surface area (Å²) in [5, 5.41) is 8.81. The van der Waals surface area contributed by atoms with Gasteiger partial charge in [0, 0.05) is 11.8 Å². The third-order valence-corrected chi connectivity index (χ3v) is 2.94. The summed E-state index contributed by atoms with van der Waals surface area (Å²) in [5.41, 5.74) is 4.23. The maximum Gasteiger partial charge on any atom is 0.323 e. The zero-order chi connectivity index (χ0) is 13.3. The molecule has 2 rings (SSSR count). The van der Waals surface area contributed by atoms with Crippen molar-refractivity contribution in [3.8, 4) is 11.3 Å². The van der Waals surface area contributed by atoms with E-state index in [0.29, 0.717) is 5.82 Å². The first-order valence-electron chi connectivity index (χ1n) is 5.80. The molecule has 4 heteroatoms. The molecule has 0 saturated carbocycles. The number of carbonyl (C=O) groups is 1. The van der Waals surface area contributed by atoms with E-state index < -0.39 is 5.97 Å². The molecular formula is C14H16N2O2. The van der Waals surface area contributed by atoms with Gasteiger partial charge in [0.15, 0.2) is 0 Å². The van der Waals surface area contributed by atoms with E-state index in [1.807, 2.05) is 32.9 Å². The highest BCUT2D eigenvalue weighted by Gasteiger charge is 2.10. The van der Waals surface area contributed by atoms with Crippen LogP contribution in [0, 0.1) is 20.8 Å². The van der Waals surface area contributed by atoms with Crippen molar-refractivity contribution in [2.75, 3.05) is 0 Å². The van der Waals surface area contributed by atoms with Crippen LogP contribution in [0.3, 0.4) is 0 Å².